The van der Waals surface area contributed by atoms with Gasteiger partial charge in [-0.3, -0.25) is 0 Å². The second-order valence-electron chi connectivity index (χ2n) is 3.48. The van der Waals surface area contributed by atoms with Crippen molar-refractivity contribution in [3.63, 3.8) is 0 Å². The van der Waals surface area contributed by atoms with Crippen molar-refractivity contribution in [2.75, 3.05) is 13.2 Å². The van der Waals surface area contributed by atoms with E-state index in [1.165, 1.54) is 0 Å². The lowest BCUT2D eigenvalue weighted by atomic mass is 9.77. The SMILES string of the molecule is CCC1(c2nn[nH]n2)CCOCC1. The number of nitrogens with zero attached hydrogens (tertiary/aromatic N) is 3. The lowest BCUT2D eigenvalue weighted by Crippen LogP contribution is -2.34. The third kappa shape index (κ3) is 1.44. The first kappa shape index (κ1) is 8.62. The summed E-state index contributed by atoms with van der Waals surface area (Å²) in [6, 6.07) is 0. The fourth-order valence-electron chi connectivity index (χ4n) is 1.88. The van der Waals surface area contributed by atoms with Crippen LogP contribution < -0.4 is 0 Å². The summed E-state index contributed by atoms with van der Waals surface area (Å²) in [5, 5.41) is 14.3. The molecule has 0 amide bonds. The Hall–Kier alpha value is -0.970. The van der Waals surface area contributed by atoms with E-state index in [1.807, 2.05) is 0 Å². The van der Waals surface area contributed by atoms with Crippen LogP contribution in [0, 0.1) is 0 Å². The lowest BCUT2D eigenvalue weighted by molar-refractivity contribution is 0.0454. The first-order valence-electron chi connectivity index (χ1n) is 4.69. The van der Waals surface area contributed by atoms with Crippen LogP contribution >= 0.6 is 0 Å². The van der Waals surface area contributed by atoms with E-state index in [0.717, 1.165) is 38.3 Å². The number of aromatic nitrogens is 4. The first-order valence-corrected chi connectivity index (χ1v) is 4.69. The fraction of sp³-hybridized carbons (Fsp3) is 0.875. The minimum absolute atomic E-state index is 0.102. The van der Waals surface area contributed by atoms with Crippen LogP contribution in [0.1, 0.15) is 32.0 Å². The molecule has 0 unspecified atom stereocenters. The van der Waals surface area contributed by atoms with Crippen molar-refractivity contribution in [1.29, 1.82) is 0 Å². The highest BCUT2D eigenvalue weighted by atomic mass is 16.5. The van der Waals surface area contributed by atoms with Gasteiger partial charge in [0.15, 0.2) is 5.82 Å². The molecule has 1 fully saturated rings. The molecule has 5 heteroatoms. The number of hydrogen-bond donors (Lipinski definition) is 1. The minimum Gasteiger partial charge on any atom is -0.381 e. The summed E-state index contributed by atoms with van der Waals surface area (Å²) in [5.41, 5.74) is 0.102. The van der Waals surface area contributed by atoms with Gasteiger partial charge in [-0.15, -0.1) is 10.2 Å². The van der Waals surface area contributed by atoms with Crippen molar-refractivity contribution < 1.29 is 4.74 Å². The zero-order valence-electron chi connectivity index (χ0n) is 7.79. The highest BCUT2D eigenvalue weighted by Crippen LogP contribution is 2.34. The zero-order chi connectivity index (χ0) is 9.15. The summed E-state index contributed by atoms with van der Waals surface area (Å²) in [4.78, 5) is 0. The van der Waals surface area contributed by atoms with Gasteiger partial charge in [0.2, 0.25) is 0 Å². The van der Waals surface area contributed by atoms with Gasteiger partial charge < -0.3 is 4.74 Å². The normalized spacial score (nSPS) is 21.6. The van der Waals surface area contributed by atoms with Crippen molar-refractivity contribution in [3.8, 4) is 0 Å². The molecule has 13 heavy (non-hydrogen) atoms. The number of rotatable bonds is 2. The number of hydrogen-bond acceptors (Lipinski definition) is 4. The lowest BCUT2D eigenvalue weighted by Gasteiger charge is -2.33. The molecule has 2 rings (SSSR count). The maximum atomic E-state index is 5.34. The third-order valence-corrected chi connectivity index (χ3v) is 2.95. The monoisotopic (exact) mass is 182 g/mol. The van der Waals surface area contributed by atoms with Gasteiger partial charge in [0.25, 0.3) is 0 Å². The minimum atomic E-state index is 0.102. The second-order valence-corrected chi connectivity index (χ2v) is 3.48. The maximum absolute atomic E-state index is 5.34. The van der Waals surface area contributed by atoms with E-state index in [-0.39, 0.29) is 5.41 Å². The molecule has 1 aromatic rings. The van der Waals surface area contributed by atoms with Crippen LogP contribution in [0.4, 0.5) is 0 Å². The molecule has 0 radical (unpaired) electrons. The number of nitrogens with one attached hydrogen (secondary N) is 1. The van der Waals surface area contributed by atoms with E-state index in [2.05, 4.69) is 27.5 Å². The van der Waals surface area contributed by atoms with Gasteiger partial charge in [0.1, 0.15) is 0 Å². The maximum Gasteiger partial charge on any atom is 0.180 e. The van der Waals surface area contributed by atoms with Crippen molar-refractivity contribution in [2.45, 2.75) is 31.6 Å². The van der Waals surface area contributed by atoms with E-state index < -0.39 is 0 Å². The molecule has 1 N–H and O–H groups in total. The Morgan fingerprint density at radius 2 is 2.23 bits per heavy atom. The van der Waals surface area contributed by atoms with E-state index in [0.29, 0.717) is 0 Å². The quantitative estimate of drug-likeness (QED) is 0.729. The summed E-state index contributed by atoms with van der Waals surface area (Å²) in [7, 11) is 0. The standard InChI is InChI=1S/C8H14N4O/c1-2-8(3-5-13-6-4-8)7-9-11-12-10-7/h2-6H2,1H3,(H,9,10,11,12). The summed E-state index contributed by atoms with van der Waals surface area (Å²) < 4.78 is 5.34. The molecule has 0 bridgehead atoms. The van der Waals surface area contributed by atoms with E-state index in [4.69, 9.17) is 4.74 Å². The first-order chi connectivity index (χ1) is 6.37. The Morgan fingerprint density at radius 1 is 1.46 bits per heavy atom. The highest BCUT2D eigenvalue weighted by Gasteiger charge is 2.36. The molecule has 0 atom stereocenters. The summed E-state index contributed by atoms with van der Waals surface area (Å²) >= 11 is 0. The van der Waals surface area contributed by atoms with Gasteiger partial charge in [-0.25, -0.2) is 0 Å². The molecule has 0 aromatic carbocycles. The molecule has 0 spiro atoms. The summed E-state index contributed by atoms with van der Waals surface area (Å²) in [5.74, 6) is 0.846. The number of H-pyrrole nitrogens is 1. The summed E-state index contributed by atoms with van der Waals surface area (Å²) in [6.07, 6.45) is 3.06. The van der Waals surface area contributed by atoms with Crippen molar-refractivity contribution in [3.05, 3.63) is 5.82 Å². The molecule has 72 valence electrons. The van der Waals surface area contributed by atoms with Crippen LogP contribution in [0.25, 0.3) is 0 Å². The number of aromatic amines is 1. The van der Waals surface area contributed by atoms with E-state index in [9.17, 15) is 0 Å². The zero-order valence-corrected chi connectivity index (χ0v) is 7.79. The highest BCUT2D eigenvalue weighted by molar-refractivity contribution is 5.05. The van der Waals surface area contributed by atoms with Crippen LogP contribution in [-0.2, 0) is 10.2 Å². The predicted molar refractivity (Wildman–Crippen MR) is 46.2 cm³/mol. The Morgan fingerprint density at radius 3 is 2.77 bits per heavy atom. The van der Waals surface area contributed by atoms with Crippen molar-refractivity contribution >= 4 is 0 Å². The molecule has 1 saturated heterocycles. The Labute approximate surface area is 76.9 Å². The molecule has 0 saturated carbocycles. The number of tetrazole rings is 1. The van der Waals surface area contributed by atoms with Gasteiger partial charge in [-0.1, -0.05) is 12.1 Å². The molecule has 1 aliphatic heterocycles. The van der Waals surface area contributed by atoms with E-state index in [1.54, 1.807) is 0 Å². The molecule has 2 heterocycles. The van der Waals surface area contributed by atoms with Gasteiger partial charge in [-0.05, 0) is 19.3 Å². The van der Waals surface area contributed by atoms with Gasteiger partial charge >= 0.3 is 0 Å². The number of ether oxygens (including phenoxy) is 1. The van der Waals surface area contributed by atoms with Crippen LogP contribution in [-0.4, -0.2) is 33.8 Å². The predicted octanol–water partition coefficient (Wildman–Crippen LogP) is 0.658. The molecular weight excluding hydrogens is 168 g/mol. The van der Waals surface area contributed by atoms with Gasteiger partial charge in [0.05, 0.1) is 0 Å². The Bertz CT molecular complexity index is 253. The van der Waals surface area contributed by atoms with E-state index >= 15 is 0 Å². The Balaban J connectivity index is 2.23. The van der Waals surface area contributed by atoms with Gasteiger partial charge in [-0.2, -0.15) is 5.21 Å². The van der Waals surface area contributed by atoms with Crippen LogP contribution in [0.5, 0.6) is 0 Å². The topological polar surface area (TPSA) is 63.7 Å². The second kappa shape index (κ2) is 3.41. The molecule has 5 nitrogen and oxygen atoms in total. The molecule has 1 aliphatic rings. The summed E-state index contributed by atoms with van der Waals surface area (Å²) in [6.45, 7) is 3.78. The van der Waals surface area contributed by atoms with Crippen LogP contribution in [0.3, 0.4) is 0 Å². The van der Waals surface area contributed by atoms with Crippen LogP contribution in [0.2, 0.25) is 0 Å². The average Bonchev–Trinajstić information content (AvgIpc) is 2.72. The molecule has 1 aromatic heterocycles. The average molecular weight is 182 g/mol. The third-order valence-electron chi connectivity index (χ3n) is 2.95. The van der Waals surface area contributed by atoms with Crippen molar-refractivity contribution in [1.82, 2.24) is 20.6 Å². The molecule has 0 aliphatic carbocycles. The van der Waals surface area contributed by atoms with Crippen molar-refractivity contribution in [2.24, 2.45) is 0 Å². The fourth-order valence-corrected chi connectivity index (χ4v) is 1.88. The Kier molecular flexibility index (Phi) is 2.26. The smallest absolute Gasteiger partial charge is 0.180 e. The van der Waals surface area contributed by atoms with Crippen LogP contribution in [0.15, 0.2) is 0 Å². The van der Waals surface area contributed by atoms with Gasteiger partial charge in [0, 0.05) is 18.6 Å². The molecular formula is C8H14N4O. The largest absolute Gasteiger partial charge is 0.381 e.